The molecule has 3 aromatic rings. The molecule has 0 saturated carbocycles. The van der Waals surface area contributed by atoms with Gasteiger partial charge in [0.2, 0.25) is 5.88 Å². The minimum Gasteiger partial charge on any atom is -0.471 e. The summed E-state index contributed by atoms with van der Waals surface area (Å²) in [4.78, 5) is 4.11. The van der Waals surface area contributed by atoms with Crippen LogP contribution in [0.5, 0.6) is 5.88 Å². The van der Waals surface area contributed by atoms with Crippen molar-refractivity contribution in [1.82, 2.24) is 20.0 Å². The van der Waals surface area contributed by atoms with E-state index in [-0.39, 0.29) is 12.3 Å². The van der Waals surface area contributed by atoms with Crippen LogP contribution in [0.3, 0.4) is 0 Å². The van der Waals surface area contributed by atoms with Gasteiger partial charge in [-0.15, -0.1) is 5.10 Å². The third kappa shape index (κ3) is 3.73. The molecule has 0 fully saturated rings. The van der Waals surface area contributed by atoms with E-state index in [0.717, 1.165) is 12.1 Å². The average molecular weight is 399 g/mol. The van der Waals surface area contributed by atoms with E-state index in [1.165, 1.54) is 16.9 Å². The van der Waals surface area contributed by atoms with Gasteiger partial charge in [0.25, 0.3) is 6.43 Å². The average Bonchev–Trinajstić information content (AvgIpc) is 3.02. The first-order chi connectivity index (χ1) is 11.5. The van der Waals surface area contributed by atoms with Gasteiger partial charge >= 0.3 is 0 Å². The van der Waals surface area contributed by atoms with Crippen molar-refractivity contribution in [2.75, 3.05) is 0 Å². The van der Waals surface area contributed by atoms with Crippen molar-refractivity contribution in [2.24, 2.45) is 0 Å². The van der Waals surface area contributed by atoms with Crippen molar-refractivity contribution in [2.45, 2.75) is 13.0 Å². The number of hydrogen-bond donors (Lipinski definition) is 0. The number of nitrogens with zero attached hydrogens (tertiary/aromatic N) is 4. The molecule has 0 atom stereocenters. The zero-order valence-electron chi connectivity index (χ0n) is 12.0. The number of ether oxygens (including phenoxy) is 1. The predicted molar refractivity (Wildman–Crippen MR) is 82.5 cm³/mol. The molecular weight excluding hydrogens is 389 g/mol. The van der Waals surface area contributed by atoms with Crippen LogP contribution in [0.4, 0.5) is 13.2 Å². The summed E-state index contributed by atoms with van der Waals surface area (Å²) in [5.74, 6) is -0.557. The summed E-state index contributed by atoms with van der Waals surface area (Å²) in [5, 5.41) is 7.73. The lowest BCUT2D eigenvalue weighted by atomic mass is 10.2. The molecule has 0 saturated heterocycles. The second-order valence-corrected chi connectivity index (χ2v) is 5.56. The number of alkyl halides is 2. The largest absolute Gasteiger partial charge is 0.471 e. The van der Waals surface area contributed by atoms with Crippen molar-refractivity contribution < 1.29 is 17.9 Å². The van der Waals surface area contributed by atoms with E-state index in [9.17, 15) is 13.2 Å². The van der Waals surface area contributed by atoms with Gasteiger partial charge in [-0.3, -0.25) is 0 Å². The molecule has 0 bridgehead atoms. The minimum absolute atomic E-state index is 0.104. The molecule has 0 N–H and O–H groups in total. The molecule has 0 aliphatic rings. The molecule has 0 amide bonds. The minimum atomic E-state index is -2.90. The highest BCUT2D eigenvalue weighted by Crippen LogP contribution is 2.24. The number of aromatic nitrogens is 4. The van der Waals surface area contributed by atoms with E-state index in [0.29, 0.717) is 16.2 Å². The molecule has 124 valence electrons. The molecule has 5 nitrogen and oxygen atoms in total. The number of benzene rings is 1. The van der Waals surface area contributed by atoms with Crippen molar-refractivity contribution in [3.63, 3.8) is 0 Å². The molecule has 0 aliphatic carbocycles. The molecule has 0 spiro atoms. The third-order valence-corrected chi connectivity index (χ3v) is 3.52. The summed E-state index contributed by atoms with van der Waals surface area (Å²) < 4.78 is 46.2. The lowest BCUT2D eigenvalue weighted by Crippen LogP contribution is -1.99. The summed E-state index contributed by atoms with van der Waals surface area (Å²) in [6.45, 7) is 0.104. The quantitative estimate of drug-likeness (QED) is 0.607. The second-order valence-electron chi connectivity index (χ2n) is 4.75. The molecule has 2 aromatic heterocycles. The van der Waals surface area contributed by atoms with E-state index in [1.54, 1.807) is 18.2 Å². The van der Waals surface area contributed by atoms with Gasteiger partial charge in [0.15, 0.2) is 0 Å². The lowest BCUT2D eigenvalue weighted by Gasteiger charge is -2.05. The Morgan fingerprint density at radius 1 is 1.21 bits per heavy atom. The molecule has 0 aliphatic heterocycles. The lowest BCUT2D eigenvalue weighted by molar-refractivity contribution is 0.146. The molecule has 3 rings (SSSR count). The summed E-state index contributed by atoms with van der Waals surface area (Å²) in [6, 6.07) is 8.57. The van der Waals surface area contributed by atoms with Gasteiger partial charge in [0.05, 0.1) is 17.4 Å². The van der Waals surface area contributed by atoms with Crippen LogP contribution in [0.2, 0.25) is 0 Å². The highest BCUT2D eigenvalue weighted by molar-refractivity contribution is 9.10. The van der Waals surface area contributed by atoms with Crippen molar-refractivity contribution in [1.29, 1.82) is 0 Å². The monoisotopic (exact) mass is 398 g/mol. The number of rotatable bonds is 5. The Labute approximate surface area is 143 Å². The SMILES string of the molecule is Fc1ccc(-n2cc(COc3cccc(Br)n3)nn2)cc1C(F)F. The first-order valence-electron chi connectivity index (χ1n) is 6.77. The maximum Gasteiger partial charge on any atom is 0.266 e. The molecular formula is C15H10BrF3N4O. The normalized spacial score (nSPS) is 11.0. The Balaban J connectivity index is 1.75. The molecule has 1 aromatic carbocycles. The van der Waals surface area contributed by atoms with Crippen LogP contribution < -0.4 is 4.74 Å². The molecule has 0 unspecified atom stereocenters. The van der Waals surface area contributed by atoms with Crippen LogP contribution in [-0.4, -0.2) is 20.0 Å². The Morgan fingerprint density at radius 3 is 2.79 bits per heavy atom. The van der Waals surface area contributed by atoms with Gasteiger partial charge in [-0.1, -0.05) is 11.3 Å². The molecule has 2 heterocycles. The second kappa shape index (κ2) is 7.00. The van der Waals surface area contributed by atoms with Crippen LogP contribution in [0, 0.1) is 5.82 Å². The zero-order valence-corrected chi connectivity index (χ0v) is 13.6. The topological polar surface area (TPSA) is 52.8 Å². The fraction of sp³-hybridized carbons (Fsp3) is 0.133. The zero-order chi connectivity index (χ0) is 17.1. The molecule has 9 heteroatoms. The first kappa shape index (κ1) is 16.4. The standard InChI is InChI=1S/C15H10BrF3N4O/c16-13-2-1-3-14(20-13)24-8-9-7-23(22-21-9)10-4-5-12(17)11(6-10)15(18)19/h1-7,15H,8H2. The fourth-order valence-electron chi connectivity index (χ4n) is 1.95. The maximum atomic E-state index is 13.3. The van der Waals surface area contributed by atoms with Gasteiger partial charge in [0, 0.05) is 6.07 Å². The van der Waals surface area contributed by atoms with Gasteiger partial charge in [0.1, 0.15) is 22.7 Å². The smallest absolute Gasteiger partial charge is 0.266 e. The van der Waals surface area contributed by atoms with Gasteiger partial charge in [-0.05, 0) is 40.2 Å². The van der Waals surface area contributed by atoms with Gasteiger partial charge in [-0.2, -0.15) is 0 Å². The van der Waals surface area contributed by atoms with Crippen LogP contribution >= 0.6 is 15.9 Å². The number of hydrogen-bond acceptors (Lipinski definition) is 4. The van der Waals surface area contributed by atoms with Gasteiger partial charge < -0.3 is 4.74 Å². The van der Waals surface area contributed by atoms with Crippen molar-refractivity contribution in [3.8, 4) is 11.6 Å². The molecule has 0 radical (unpaired) electrons. The predicted octanol–water partition coefficient (Wildman–Crippen LogP) is 4.08. The van der Waals surface area contributed by atoms with E-state index >= 15 is 0 Å². The summed E-state index contributed by atoms with van der Waals surface area (Å²) >= 11 is 3.23. The maximum absolute atomic E-state index is 13.3. The number of halogens is 4. The van der Waals surface area contributed by atoms with Crippen molar-refractivity contribution >= 4 is 15.9 Å². The Bertz CT molecular complexity index is 856. The Kier molecular flexibility index (Phi) is 4.79. The number of pyridine rings is 1. The summed E-state index contributed by atoms with van der Waals surface area (Å²) in [5.41, 5.74) is 0.0739. The fourth-order valence-corrected chi connectivity index (χ4v) is 2.28. The van der Waals surface area contributed by atoms with E-state index in [1.807, 2.05) is 0 Å². The van der Waals surface area contributed by atoms with E-state index in [2.05, 4.69) is 31.2 Å². The third-order valence-electron chi connectivity index (χ3n) is 3.08. The van der Waals surface area contributed by atoms with E-state index < -0.39 is 17.8 Å². The highest BCUT2D eigenvalue weighted by Gasteiger charge is 2.15. The highest BCUT2D eigenvalue weighted by atomic mass is 79.9. The first-order valence-corrected chi connectivity index (χ1v) is 7.57. The summed E-state index contributed by atoms with van der Waals surface area (Å²) in [6.07, 6.45) is -1.39. The van der Waals surface area contributed by atoms with Crippen LogP contribution in [0.15, 0.2) is 47.2 Å². The Morgan fingerprint density at radius 2 is 2.04 bits per heavy atom. The van der Waals surface area contributed by atoms with Gasteiger partial charge in [-0.25, -0.2) is 22.8 Å². The van der Waals surface area contributed by atoms with Crippen LogP contribution in [0.1, 0.15) is 17.7 Å². The summed E-state index contributed by atoms with van der Waals surface area (Å²) in [7, 11) is 0. The Hall–Kier alpha value is -2.42. The molecule has 24 heavy (non-hydrogen) atoms. The van der Waals surface area contributed by atoms with Crippen molar-refractivity contribution in [3.05, 3.63) is 64.3 Å². The van der Waals surface area contributed by atoms with Crippen LogP contribution in [-0.2, 0) is 6.61 Å². The van der Waals surface area contributed by atoms with Crippen LogP contribution in [0.25, 0.3) is 5.69 Å². The van der Waals surface area contributed by atoms with E-state index in [4.69, 9.17) is 4.74 Å².